The summed E-state index contributed by atoms with van der Waals surface area (Å²) < 4.78 is 4.66. The number of hydrogen-bond donors (Lipinski definition) is 3. The Labute approximate surface area is 122 Å². The van der Waals surface area contributed by atoms with Crippen LogP contribution in [0.1, 0.15) is 15.9 Å². The lowest BCUT2D eigenvalue weighted by atomic mass is 10.1. The highest BCUT2D eigenvalue weighted by Crippen LogP contribution is 2.16. The van der Waals surface area contributed by atoms with E-state index in [9.17, 15) is 9.90 Å². The zero-order valence-corrected chi connectivity index (χ0v) is 11.7. The van der Waals surface area contributed by atoms with E-state index >= 15 is 0 Å². The first-order valence-corrected chi connectivity index (χ1v) is 6.46. The molecule has 0 aliphatic heterocycles. The van der Waals surface area contributed by atoms with Gasteiger partial charge in [-0.05, 0) is 30.2 Å². The third-order valence-electron chi connectivity index (χ3n) is 3.00. The number of phenolic OH excluding ortho intramolecular Hbond substituents is 1. The summed E-state index contributed by atoms with van der Waals surface area (Å²) in [6.07, 6.45) is 2.19. The van der Waals surface area contributed by atoms with Gasteiger partial charge in [0.25, 0.3) is 0 Å². The summed E-state index contributed by atoms with van der Waals surface area (Å²) in [4.78, 5) is 15.6. The molecule has 1 aromatic carbocycles. The Morgan fingerprint density at radius 2 is 2.10 bits per heavy atom. The SMILES string of the molecule is COC(=O)c1cc(NCCc2ccc(O)cc2)ncc1N. The number of hydrogen-bond acceptors (Lipinski definition) is 6. The number of nitrogens with one attached hydrogen (secondary N) is 1. The number of methoxy groups -OCH3 is 1. The summed E-state index contributed by atoms with van der Waals surface area (Å²) in [5, 5.41) is 12.3. The summed E-state index contributed by atoms with van der Waals surface area (Å²) in [5.41, 5.74) is 7.35. The van der Waals surface area contributed by atoms with E-state index in [2.05, 4.69) is 15.0 Å². The van der Waals surface area contributed by atoms with Gasteiger partial charge < -0.3 is 20.9 Å². The molecule has 0 aliphatic rings. The van der Waals surface area contributed by atoms with Crippen LogP contribution in [-0.2, 0) is 11.2 Å². The first kappa shape index (κ1) is 14.6. The molecule has 0 saturated heterocycles. The van der Waals surface area contributed by atoms with Gasteiger partial charge in [0.2, 0.25) is 0 Å². The van der Waals surface area contributed by atoms with Crippen LogP contribution in [0, 0.1) is 0 Å². The van der Waals surface area contributed by atoms with Crippen molar-refractivity contribution in [3.63, 3.8) is 0 Å². The van der Waals surface area contributed by atoms with Gasteiger partial charge in [-0.3, -0.25) is 0 Å². The molecule has 6 heteroatoms. The van der Waals surface area contributed by atoms with E-state index in [1.165, 1.54) is 13.3 Å². The smallest absolute Gasteiger partial charge is 0.340 e. The fraction of sp³-hybridized carbons (Fsp3) is 0.200. The zero-order valence-electron chi connectivity index (χ0n) is 11.7. The molecule has 0 amide bonds. The highest BCUT2D eigenvalue weighted by molar-refractivity contribution is 5.95. The van der Waals surface area contributed by atoms with Gasteiger partial charge in [-0.25, -0.2) is 9.78 Å². The number of aromatic hydroxyl groups is 1. The Balaban J connectivity index is 1.97. The summed E-state index contributed by atoms with van der Waals surface area (Å²) in [6.45, 7) is 0.641. The second-order valence-corrected chi connectivity index (χ2v) is 4.49. The third-order valence-corrected chi connectivity index (χ3v) is 3.00. The summed E-state index contributed by atoms with van der Waals surface area (Å²) in [7, 11) is 1.31. The van der Waals surface area contributed by atoms with Crippen LogP contribution >= 0.6 is 0 Å². The predicted octanol–water partition coefficient (Wildman–Crippen LogP) is 1.81. The van der Waals surface area contributed by atoms with Crippen molar-refractivity contribution < 1.29 is 14.6 Å². The minimum Gasteiger partial charge on any atom is -0.508 e. The fourth-order valence-corrected chi connectivity index (χ4v) is 1.85. The number of anilines is 2. The highest BCUT2D eigenvalue weighted by Gasteiger charge is 2.11. The molecular weight excluding hydrogens is 270 g/mol. The molecule has 2 aromatic rings. The van der Waals surface area contributed by atoms with Crippen molar-refractivity contribution in [2.45, 2.75) is 6.42 Å². The van der Waals surface area contributed by atoms with Crippen molar-refractivity contribution in [2.75, 3.05) is 24.7 Å². The van der Waals surface area contributed by atoms with Gasteiger partial charge in [-0.2, -0.15) is 0 Å². The third kappa shape index (κ3) is 3.85. The molecule has 0 saturated carbocycles. The van der Waals surface area contributed by atoms with E-state index in [-0.39, 0.29) is 11.4 Å². The fourth-order valence-electron chi connectivity index (χ4n) is 1.85. The van der Waals surface area contributed by atoms with Crippen LogP contribution < -0.4 is 11.1 Å². The normalized spacial score (nSPS) is 10.1. The minimum absolute atomic E-state index is 0.245. The molecule has 0 aliphatic carbocycles. The van der Waals surface area contributed by atoms with Gasteiger partial charge in [0.05, 0.1) is 24.6 Å². The van der Waals surface area contributed by atoms with Crippen LogP contribution in [0.15, 0.2) is 36.5 Å². The van der Waals surface area contributed by atoms with Crippen molar-refractivity contribution in [2.24, 2.45) is 0 Å². The topological polar surface area (TPSA) is 97.5 Å². The number of ether oxygens (including phenoxy) is 1. The Bertz CT molecular complexity index is 627. The van der Waals surface area contributed by atoms with Crippen LogP contribution in [0.2, 0.25) is 0 Å². The monoisotopic (exact) mass is 287 g/mol. The van der Waals surface area contributed by atoms with E-state index in [4.69, 9.17) is 5.73 Å². The number of nitrogen functional groups attached to an aromatic ring is 1. The highest BCUT2D eigenvalue weighted by atomic mass is 16.5. The maximum atomic E-state index is 11.5. The standard InChI is InChI=1S/C15H17N3O3/c1-21-15(20)12-8-14(18-9-13(12)16)17-7-6-10-2-4-11(19)5-3-10/h2-5,8-9,19H,6-7,16H2,1H3,(H,17,18). The largest absolute Gasteiger partial charge is 0.508 e. The number of aromatic nitrogens is 1. The van der Waals surface area contributed by atoms with E-state index in [0.29, 0.717) is 17.9 Å². The Hall–Kier alpha value is -2.76. The van der Waals surface area contributed by atoms with Gasteiger partial charge in [0.15, 0.2) is 0 Å². The molecule has 0 bridgehead atoms. The summed E-state index contributed by atoms with van der Waals surface area (Å²) in [5.74, 6) is 0.314. The Morgan fingerprint density at radius 1 is 1.38 bits per heavy atom. The number of carbonyl (C=O) groups is 1. The molecule has 0 unspecified atom stereocenters. The van der Waals surface area contributed by atoms with E-state index < -0.39 is 5.97 Å². The van der Waals surface area contributed by atoms with Crippen molar-refractivity contribution in [3.8, 4) is 5.75 Å². The maximum Gasteiger partial charge on any atom is 0.340 e. The van der Waals surface area contributed by atoms with Crippen LogP contribution in [0.4, 0.5) is 11.5 Å². The van der Waals surface area contributed by atoms with Crippen molar-refractivity contribution in [1.82, 2.24) is 4.98 Å². The molecule has 0 fully saturated rings. The zero-order chi connectivity index (χ0) is 15.2. The van der Waals surface area contributed by atoms with E-state index in [1.54, 1.807) is 18.2 Å². The van der Waals surface area contributed by atoms with E-state index in [1.807, 2.05) is 12.1 Å². The number of pyridine rings is 1. The number of esters is 1. The molecule has 4 N–H and O–H groups in total. The maximum absolute atomic E-state index is 11.5. The summed E-state index contributed by atoms with van der Waals surface area (Å²) >= 11 is 0. The van der Waals surface area contributed by atoms with Crippen molar-refractivity contribution >= 4 is 17.5 Å². The molecule has 0 atom stereocenters. The Morgan fingerprint density at radius 3 is 2.76 bits per heavy atom. The number of nitrogens with two attached hydrogens (primary N) is 1. The molecule has 2 rings (SSSR count). The molecule has 21 heavy (non-hydrogen) atoms. The van der Waals surface area contributed by atoms with Crippen LogP contribution in [0.3, 0.4) is 0 Å². The van der Waals surface area contributed by atoms with E-state index in [0.717, 1.165) is 12.0 Å². The van der Waals surface area contributed by atoms with Gasteiger partial charge in [0, 0.05) is 6.54 Å². The summed E-state index contributed by atoms with van der Waals surface area (Å²) in [6, 6.07) is 8.57. The number of rotatable bonds is 5. The molecule has 6 nitrogen and oxygen atoms in total. The lowest BCUT2D eigenvalue weighted by Crippen LogP contribution is -2.10. The Kier molecular flexibility index (Phi) is 4.61. The van der Waals surface area contributed by atoms with Crippen molar-refractivity contribution in [1.29, 1.82) is 0 Å². The van der Waals surface area contributed by atoms with Gasteiger partial charge in [0.1, 0.15) is 11.6 Å². The number of phenols is 1. The average Bonchev–Trinajstić information content (AvgIpc) is 2.50. The predicted molar refractivity (Wildman–Crippen MR) is 80.3 cm³/mol. The minimum atomic E-state index is -0.489. The van der Waals surface area contributed by atoms with Crippen molar-refractivity contribution in [3.05, 3.63) is 47.7 Å². The first-order valence-electron chi connectivity index (χ1n) is 6.46. The molecule has 1 heterocycles. The second-order valence-electron chi connectivity index (χ2n) is 4.49. The molecule has 1 aromatic heterocycles. The number of carbonyl (C=O) groups excluding carboxylic acids is 1. The number of nitrogens with zero attached hydrogens (tertiary/aromatic N) is 1. The second kappa shape index (κ2) is 6.60. The van der Waals surface area contributed by atoms with Gasteiger partial charge >= 0.3 is 5.97 Å². The van der Waals surface area contributed by atoms with Crippen LogP contribution in [0.5, 0.6) is 5.75 Å². The van der Waals surface area contributed by atoms with Gasteiger partial charge in [-0.1, -0.05) is 12.1 Å². The molecule has 110 valence electrons. The molecular formula is C15H17N3O3. The lowest BCUT2D eigenvalue weighted by molar-refractivity contribution is 0.0602. The number of benzene rings is 1. The van der Waals surface area contributed by atoms with Crippen LogP contribution in [0.25, 0.3) is 0 Å². The molecule has 0 spiro atoms. The lowest BCUT2D eigenvalue weighted by Gasteiger charge is -2.09. The first-order chi connectivity index (χ1) is 10.1. The quantitative estimate of drug-likeness (QED) is 0.726. The van der Waals surface area contributed by atoms with Gasteiger partial charge in [-0.15, -0.1) is 0 Å². The van der Waals surface area contributed by atoms with Crippen LogP contribution in [-0.4, -0.2) is 29.7 Å². The molecule has 0 radical (unpaired) electrons. The average molecular weight is 287 g/mol.